The van der Waals surface area contributed by atoms with Gasteiger partial charge in [0.1, 0.15) is 5.01 Å². The van der Waals surface area contributed by atoms with E-state index in [9.17, 15) is 9.90 Å². The van der Waals surface area contributed by atoms with Crippen LogP contribution in [-0.4, -0.2) is 38.1 Å². The standard InChI is InChI=1S/C27H26N4O4S2/c1-17-30-31-27(37-17)36-16-23-13-24(19-6-4-18(15-32)5-7-19)35-26(34-23)20-8-10-22(11-9-20)29-25(33)21-3-2-12-28-14-21/h2-12,14,23-24,26,32H,13,15-16H2,1H3,(H,29,33)/t23-,24+,26+/m0/s1. The Morgan fingerprint density at radius 2 is 1.86 bits per heavy atom. The number of benzene rings is 2. The van der Waals surface area contributed by atoms with Crippen LogP contribution in [0.1, 0.15) is 50.9 Å². The van der Waals surface area contributed by atoms with Gasteiger partial charge in [-0.1, -0.05) is 59.5 Å². The smallest absolute Gasteiger partial charge is 0.257 e. The molecule has 0 radical (unpaired) electrons. The zero-order valence-electron chi connectivity index (χ0n) is 20.1. The van der Waals surface area contributed by atoms with Gasteiger partial charge in [-0.25, -0.2) is 0 Å². The third-order valence-electron chi connectivity index (χ3n) is 5.88. The average Bonchev–Trinajstić information content (AvgIpc) is 3.37. The van der Waals surface area contributed by atoms with Crippen molar-refractivity contribution >= 4 is 34.7 Å². The molecule has 1 aliphatic heterocycles. The van der Waals surface area contributed by atoms with Crippen molar-refractivity contribution in [3.05, 3.63) is 100 Å². The maximum absolute atomic E-state index is 12.5. The number of pyridine rings is 1. The van der Waals surface area contributed by atoms with Gasteiger partial charge in [-0.3, -0.25) is 9.78 Å². The summed E-state index contributed by atoms with van der Waals surface area (Å²) in [6.45, 7) is 1.94. The van der Waals surface area contributed by atoms with E-state index >= 15 is 0 Å². The van der Waals surface area contributed by atoms with Crippen molar-refractivity contribution in [3.63, 3.8) is 0 Å². The van der Waals surface area contributed by atoms with Crippen molar-refractivity contribution in [2.75, 3.05) is 11.1 Å². The lowest BCUT2D eigenvalue weighted by Crippen LogP contribution is -2.31. The summed E-state index contributed by atoms with van der Waals surface area (Å²) < 4.78 is 13.7. The molecule has 2 aromatic carbocycles. The number of ether oxygens (including phenoxy) is 2. The molecule has 1 amide bonds. The number of nitrogens with one attached hydrogen (secondary N) is 1. The van der Waals surface area contributed by atoms with Gasteiger partial charge in [-0.15, -0.1) is 10.2 Å². The van der Waals surface area contributed by atoms with E-state index in [2.05, 4.69) is 20.5 Å². The van der Waals surface area contributed by atoms with Crippen LogP contribution in [0, 0.1) is 6.92 Å². The van der Waals surface area contributed by atoms with Crippen LogP contribution < -0.4 is 5.32 Å². The summed E-state index contributed by atoms with van der Waals surface area (Å²) in [5.74, 6) is 0.500. The molecule has 3 atom stereocenters. The minimum Gasteiger partial charge on any atom is -0.392 e. The Balaban J connectivity index is 1.30. The van der Waals surface area contributed by atoms with Gasteiger partial charge >= 0.3 is 0 Å². The number of hydrogen-bond donors (Lipinski definition) is 2. The molecular weight excluding hydrogens is 508 g/mol. The van der Waals surface area contributed by atoms with E-state index in [4.69, 9.17) is 9.47 Å². The van der Waals surface area contributed by atoms with E-state index in [1.807, 2.05) is 55.5 Å². The fourth-order valence-electron chi connectivity index (χ4n) is 3.95. The number of aromatic nitrogens is 3. The quantitative estimate of drug-likeness (QED) is 0.293. The number of anilines is 1. The Labute approximate surface area is 223 Å². The number of aliphatic hydroxyl groups excluding tert-OH is 1. The number of rotatable bonds is 8. The third kappa shape index (κ3) is 6.60. The summed E-state index contributed by atoms with van der Waals surface area (Å²) in [5, 5.41) is 21.5. The van der Waals surface area contributed by atoms with Gasteiger partial charge in [0.25, 0.3) is 5.91 Å². The second-order valence-corrected chi connectivity index (χ2v) is 11.0. The van der Waals surface area contributed by atoms with Crippen LogP contribution in [0.3, 0.4) is 0 Å². The lowest BCUT2D eigenvalue weighted by atomic mass is 10.0. The Hall–Kier alpha value is -3.15. The molecule has 2 N–H and O–H groups in total. The summed E-state index contributed by atoms with van der Waals surface area (Å²) in [5.41, 5.74) is 3.91. The Bertz CT molecular complexity index is 1320. The van der Waals surface area contributed by atoms with Crippen molar-refractivity contribution in [1.29, 1.82) is 0 Å². The normalized spacial score (nSPS) is 19.5. The summed E-state index contributed by atoms with van der Waals surface area (Å²) in [6, 6.07) is 18.7. The molecule has 0 spiro atoms. The minimum atomic E-state index is -0.568. The van der Waals surface area contributed by atoms with Gasteiger partial charge in [-0.2, -0.15) is 0 Å². The van der Waals surface area contributed by atoms with Crippen LogP contribution in [0.5, 0.6) is 0 Å². The first-order valence-corrected chi connectivity index (χ1v) is 13.6. The second-order valence-electron chi connectivity index (χ2n) is 8.57. The van der Waals surface area contributed by atoms with Crippen LogP contribution in [0.4, 0.5) is 5.69 Å². The van der Waals surface area contributed by atoms with Crippen molar-refractivity contribution in [3.8, 4) is 0 Å². The Kier molecular flexibility index (Phi) is 8.22. The zero-order valence-corrected chi connectivity index (χ0v) is 21.7. The molecule has 1 fully saturated rings. The number of carbonyl (C=O) groups excluding carboxylic acids is 1. The van der Waals surface area contributed by atoms with E-state index in [0.29, 0.717) is 17.7 Å². The molecule has 0 saturated carbocycles. The highest BCUT2D eigenvalue weighted by Crippen LogP contribution is 2.39. The fourth-order valence-corrected chi connectivity index (χ4v) is 5.81. The van der Waals surface area contributed by atoms with Gasteiger partial charge < -0.3 is 19.9 Å². The molecule has 0 unspecified atom stereocenters. The largest absolute Gasteiger partial charge is 0.392 e. The number of aliphatic hydroxyl groups is 1. The van der Waals surface area contributed by atoms with Crippen molar-refractivity contribution < 1.29 is 19.4 Å². The number of hydrogen-bond acceptors (Lipinski definition) is 9. The van der Waals surface area contributed by atoms with E-state index in [1.165, 1.54) is 6.20 Å². The predicted molar refractivity (Wildman–Crippen MR) is 142 cm³/mol. The Morgan fingerprint density at radius 1 is 1.08 bits per heavy atom. The van der Waals surface area contributed by atoms with E-state index in [1.54, 1.807) is 41.4 Å². The molecule has 190 valence electrons. The van der Waals surface area contributed by atoms with E-state index in [-0.39, 0.29) is 24.7 Å². The molecule has 37 heavy (non-hydrogen) atoms. The van der Waals surface area contributed by atoms with Crippen molar-refractivity contribution in [2.45, 2.75) is 42.8 Å². The lowest BCUT2D eigenvalue weighted by Gasteiger charge is -2.36. The van der Waals surface area contributed by atoms with Crippen molar-refractivity contribution in [2.24, 2.45) is 0 Å². The highest BCUT2D eigenvalue weighted by Gasteiger charge is 2.32. The molecule has 1 saturated heterocycles. The monoisotopic (exact) mass is 534 g/mol. The maximum Gasteiger partial charge on any atom is 0.257 e. The maximum atomic E-state index is 12.5. The lowest BCUT2D eigenvalue weighted by molar-refractivity contribution is -0.245. The first kappa shape index (κ1) is 25.5. The molecule has 8 nitrogen and oxygen atoms in total. The number of carbonyl (C=O) groups is 1. The topological polar surface area (TPSA) is 106 Å². The zero-order chi connectivity index (χ0) is 25.6. The first-order valence-electron chi connectivity index (χ1n) is 11.8. The van der Waals surface area contributed by atoms with Crippen LogP contribution in [0.15, 0.2) is 77.4 Å². The van der Waals surface area contributed by atoms with Crippen LogP contribution in [-0.2, 0) is 16.1 Å². The second kappa shape index (κ2) is 11.9. The molecule has 4 aromatic rings. The highest BCUT2D eigenvalue weighted by atomic mass is 32.2. The van der Waals surface area contributed by atoms with Crippen LogP contribution in [0.2, 0.25) is 0 Å². The van der Waals surface area contributed by atoms with Gasteiger partial charge in [0.2, 0.25) is 0 Å². The van der Waals surface area contributed by atoms with Crippen LogP contribution in [0.25, 0.3) is 0 Å². The average molecular weight is 535 g/mol. The molecular formula is C27H26N4O4S2. The number of amides is 1. The van der Waals surface area contributed by atoms with Gasteiger partial charge in [0.05, 0.1) is 24.4 Å². The molecule has 2 aromatic heterocycles. The SMILES string of the molecule is Cc1nnc(SC[C@@H]2C[C@H](c3ccc(CO)cc3)O[C@H](c3ccc(NC(=O)c4cccnc4)cc3)O2)s1. The third-order valence-corrected chi connectivity index (χ3v) is 7.98. The van der Waals surface area contributed by atoms with Gasteiger partial charge in [0, 0.05) is 35.8 Å². The Morgan fingerprint density at radius 3 is 2.54 bits per heavy atom. The number of nitrogens with zero attached hydrogens (tertiary/aromatic N) is 3. The summed E-state index contributed by atoms with van der Waals surface area (Å²) >= 11 is 3.21. The molecule has 1 aliphatic rings. The van der Waals surface area contributed by atoms with Gasteiger partial charge in [-0.05, 0) is 42.3 Å². The van der Waals surface area contributed by atoms with Gasteiger partial charge in [0.15, 0.2) is 10.6 Å². The molecule has 5 rings (SSSR count). The number of thioether (sulfide) groups is 1. The fraction of sp³-hybridized carbons (Fsp3) is 0.259. The molecule has 0 aliphatic carbocycles. The molecule has 0 bridgehead atoms. The molecule has 3 heterocycles. The van der Waals surface area contributed by atoms with Crippen molar-refractivity contribution in [1.82, 2.24) is 15.2 Å². The first-order chi connectivity index (χ1) is 18.1. The molecule has 10 heteroatoms. The number of aryl methyl sites for hydroxylation is 1. The minimum absolute atomic E-state index is 0.00173. The predicted octanol–water partition coefficient (Wildman–Crippen LogP) is 5.32. The highest BCUT2D eigenvalue weighted by molar-refractivity contribution is 8.01. The summed E-state index contributed by atoms with van der Waals surface area (Å²) in [7, 11) is 0. The van der Waals surface area contributed by atoms with Crippen LogP contribution >= 0.6 is 23.1 Å². The van der Waals surface area contributed by atoms with E-state index < -0.39 is 6.29 Å². The summed E-state index contributed by atoms with van der Waals surface area (Å²) in [6.07, 6.45) is 3.05. The summed E-state index contributed by atoms with van der Waals surface area (Å²) in [4.78, 5) is 16.4. The van der Waals surface area contributed by atoms with E-state index in [0.717, 1.165) is 31.8 Å².